The molecule has 1 fully saturated rings. The Labute approximate surface area is 90.4 Å². The first-order valence-electron chi connectivity index (χ1n) is 4.22. The fourth-order valence-electron chi connectivity index (χ4n) is 1.02. The summed E-state index contributed by atoms with van der Waals surface area (Å²) in [6.45, 7) is 0. The lowest BCUT2D eigenvalue weighted by atomic mass is 10.2. The lowest BCUT2D eigenvalue weighted by molar-refractivity contribution is 0.0472. The van der Waals surface area contributed by atoms with Gasteiger partial charge in [0.05, 0.1) is 5.56 Å². The topological polar surface area (TPSA) is 26.3 Å². The highest BCUT2D eigenvalue weighted by atomic mass is 127. The second-order valence-corrected chi connectivity index (χ2v) is 4.36. The van der Waals surface area contributed by atoms with E-state index in [2.05, 4.69) is 22.6 Å². The number of carbonyl (C=O) groups excluding carboxylic acids is 1. The SMILES string of the molecule is O=C(OC1CC1)c1cccc(I)c1. The summed E-state index contributed by atoms with van der Waals surface area (Å²) in [5.74, 6) is -0.194. The monoisotopic (exact) mass is 288 g/mol. The summed E-state index contributed by atoms with van der Waals surface area (Å²) in [6, 6.07) is 7.44. The molecule has 1 aliphatic rings. The van der Waals surface area contributed by atoms with Crippen molar-refractivity contribution >= 4 is 28.6 Å². The van der Waals surface area contributed by atoms with Gasteiger partial charge in [0.2, 0.25) is 0 Å². The van der Waals surface area contributed by atoms with E-state index in [9.17, 15) is 4.79 Å². The molecule has 1 saturated carbocycles. The number of carbonyl (C=O) groups is 1. The van der Waals surface area contributed by atoms with Gasteiger partial charge >= 0.3 is 5.97 Å². The predicted molar refractivity (Wildman–Crippen MR) is 57.6 cm³/mol. The van der Waals surface area contributed by atoms with Crippen molar-refractivity contribution in [3.05, 3.63) is 33.4 Å². The third kappa shape index (κ3) is 2.43. The van der Waals surface area contributed by atoms with Crippen LogP contribution in [0.15, 0.2) is 24.3 Å². The standard InChI is InChI=1S/C10H9IO2/c11-8-3-1-2-7(6-8)10(12)13-9-4-5-9/h1-3,6,9H,4-5H2. The van der Waals surface area contributed by atoms with Gasteiger partial charge in [-0.05, 0) is 53.6 Å². The van der Waals surface area contributed by atoms with Crippen molar-refractivity contribution in [2.75, 3.05) is 0 Å². The van der Waals surface area contributed by atoms with Gasteiger partial charge in [-0.25, -0.2) is 4.79 Å². The smallest absolute Gasteiger partial charge is 0.338 e. The lowest BCUT2D eigenvalue weighted by Crippen LogP contribution is -2.06. The van der Waals surface area contributed by atoms with Crippen molar-refractivity contribution in [2.24, 2.45) is 0 Å². The summed E-state index contributed by atoms with van der Waals surface area (Å²) in [6.07, 6.45) is 2.23. The van der Waals surface area contributed by atoms with Crippen molar-refractivity contribution in [1.82, 2.24) is 0 Å². The van der Waals surface area contributed by atoms with Crippen LogP contribution in [0.2, 0.25) is 0 Å². The fraction of sp³-hybridized carbons (Fsp3) is 0.300. The van der Waals surface area contributed by atoms with Gasteiger partial charge in [0.1, 0.15) is 6.10 Å². The molecule has 0 saturated heterocycles. The molecule has 13 heavy (non-hydrogen) atoms. The molecule has 0 unspecified atom stereocenters. The number of ether oxygens (including phenoxy) is 1. The second-order valence-electron chi connectivity index (χ2n) is 3.12. The summed E-state index contributed by atoms with van der Waals surface area (Å²) in [5, 5.41) is 0. The maximum atomic E-state index is 11.4. The van der Waals surface area contributed by atoms with Crippen molar-refractivity contribution in [1.29, 1.82) is 0 Å². The van der Waals surface area contributed by atoms with Gasteiger partial charge < -0.3 is 4.74 Å². The van der Waals surface area contributed by atoms with Crippen LogP contribution in [0.1, 0.15) is 23.2 Å². The minimum absolute atomic E-state index is 0.186. The Bertz CT molecular complexity index is 331. The number of esters is 1. The minimum atomic E-state index is -0.194. The van der Waals surface area contributed by atoms with E-state index in [1.54, 1.807) is 6.07 Å². The van der Waals surface area contributed by atoms with Gasteiger partial charge in [0.15, 0.2) is 0 Å². The molecule has 0 amide bonds. The van der Waals surface area contributed by atoms with E-state index in [1.165, 1.54) is 0 Å². The Hall–Kier alpha value is -0.580. The Morgan fingerprint density at radius 1 is 1.46 bits per heavy atom. The van der Waals surface area contributed by atoms with E-state index in [0.717, 1.165) is 16.4 Å². The number of halogens is 1. The van der Waals surface area contributed by atoms with Crippen LogP contribution in [0.5, 0.6) is 0 Å². The van der Waals surface area contributed by atoms with E-state index in [0.29, 0.717) is 5.56 Å². The molecule has 0 bridgehead atoms. The molecule has 2 rings (SSSR count). The van der Waals surface area contributed by atoms with Crippen molar-refractivity contribution in [3.63, 3.8) is 0 Å². The fourth-order valence-corrected chi connectivity index (χ4v) is 1.56. The summed E-state index contributed by atoms with van der Waals surface area (Å²) < 4.78 is 6.22. The molecule has 1 aromatic rings. The molecule has 0 aliphatic heterocycles. The largest absolute Gasteiger partial charge is 0.459 e. The summed E-state index contributed by atoms with van der Waals surface area (Å²) >= 11 is 2.18. The molecule has 0 atom stereocenters. The summed E-state index contributed by atoms with van der Waals surface area (Å²) in [7, 11) is 0. The van der Waals surface area contributed by atoms with Crippen LogP contribution in [0, 0.1) is 3.57 Å². The van der Waals surface area contributed by atoms with Crippen LogP contribution < -0.4 is 0 Å². The quantitative estimate of drug-likeness (QED) is 0.617. The maximum absolute atomic E-state index is 11.4. The average Bonchev–Trinajstić information content (AvgIpc) is 2.88. The average molecular weight is 288 g/mol. The van der Waals surface area contributed by atoms with E-state index < -0.39 is 0 Å². The van der Waals surface area contributed by atoms with Gasteiger partial charge in [-0.1, -0.05) is 6.07 Å². The Kier molecular flexibility index (Phi) is 2.53. The molecule has 2 nitrogen and oxygen atoms in total. The number of hydrogen-bond acceptors (Lipinski definition) is 2. The van der Waals surface area contributed by atoms with Crippen LogP contribution >= 0.6 is 22.6 Å². The van der Waals surface area contributed by atoms with Crippen LogP contribution in [-0.2, 0) is 4.74 Å². The molecular weight excluding hydrogens is 279 g/mol. The molecule has 0 spiro atoms. The molecule has 68 valence electrons. The minimum Gasteiger partial charge on any atom is -0.459 e. The van der Waals surface area contributed by atoms with Crippen LogP contribution in [0.4, 0.5) is 0 Å². The molecule has 0 aromatic heterocycles. The third-order valence-electron chi connectivity index (χ3n) is 1.86. The molecule has 0 N–H and O–H groups in total. The van der Waals surface area contributed by atoms with Crippen molar-refractivity contribution in [2.45, 2.75) is 18.9 Å². The van der Waals surface area contributed by atoms with Crippen LogP contribution in [-0.4, -0.2) is 12.1 Å². The summed E-state index contributed by atoms with van der Waals surface area (Å²) in [5.41, 5.74) is 0.652. The molecule has 0 radical (unpaired) electrons. The third-order valence-corrected chi connectivity index (χ3v) is 2.53. The van der Waals surface area contributed by atoms with Gasteiger partial charge in [-0.15, -0.1) is 0 Å². The Morgan fingerprint density at radius 2 is 2.23 bits per heavy atom. The lowest BCUT2D eigenvalue weighted by Gasteiger charge is -2.02. The molecule has 3 heteroatoms. The first-order valence-corrected chi connectivity index (χ1v) is 5.30. The molecule has 0 heterocycles. The Balaban J connectivity index is 2.09. The van der Waals surface area contributed by atoms with Gasteiger partial charge in [-0.3, -0.25) is 0 Å². The highest BCUT2D eigenvalue weighted by molar-refractivity contribution is 14.1. The molecule has 1 aromatic carbocycles. The second kappa shape index (κ2) is 3.65. The van der Waals surface area contributed by atoms with E-state index in [1.807, 2.05) is 18.2 Å². The predicted octanol–water partition coefficient (Wildman–Crippen LogP) is 2.61. The Morgan fingerprint density at radius 3 is 2.85 bits per heavy atom. The van der Waals surface area contributed by atoms with Gasteiger partial charge in [0, 0.05) is 3.57 Å². The van der Waals surface area contributed by atoms with Gasteiger partial charge in [0.25, 0.3) is 0 Å². The zero-order valence-corrected chi connectivity index (χ0v) is 9.15. The van der Waals surface area contributed by atoms with Crippen LogP contribution in [0.3, 0.4) is 0 Å². The normalized spacial score (nSPS) is 15.5. The maximum Gasteiger partial charge on any atom is 0.338 e. The first-order chi connectivity index (χ1) is 6.25. The summed E-state index contributed by atoms with van der Waals surface area (Å²) in [4.78, 5) is 11.4. The highest BCUT2D eigenvalue weighted by Gasteiger charge is 2.26. The zero-order chi connectivity index (χ0) is 9.26. The van der Waals surface area contributed by atoms with Gasteiger partial charge in [-0.2, -0.15) is 0 Å². The van der Waals surface area contributed by atoms with Crippen LogP contribution in [0.25, 0.3) is 0 Å². The molecule has 1 aliphatic carbocycles. The number of benzene rings is 1. The van der Waals surface area contributed by atoms with Crippen molar-refractivity contribution < 1.29 is 9.53 Å². The number of hydrogen-bond donors (Lipinski definition) is 0. The zero-order valence-electron chi connectivity index (χ0n) is 7.00. The highest BCUT2D eigenvalue weighted by Crippen LogP contribution is 2.24. The first kappa shape index (κ1) is 8.99. The van der Waals surface area contributed by atoms with E-state index in [4.69, 9.17) is 4.74 Å². The van der Waals surface area contributed by atoms with E-state index >= 15 is 0 Å². The molecular formula is C10H9IO2. The van der Waals surface area contributed by atoms with Crippen molar-refractivity contribution in [3.8, 4) is 0 Å². The number of rotatable bonds is 2. The van der Waals surface area contributed by atoms with E-state index in [-0.39, 0.29) is 12.1 Å².